The van der Waals surface area contributed by atoms with E-state index in [0.29, 0.717) is 10.8 Å². The average molecular weight is 206 g/mol. The molecule has 0 unspecified atom stereocenters. The molecule has 1 heterocycles. The first kappa shape index (κ1) is 9.55. The van der Waals surface area contributed by atoms with Crippen LogP contribution in [-0.4, -0.2) is 16.5 Å². The summed E-state index contributed by atoms with van der Waals surface area (Å²) in [4.78, 5) is 7.67. The van der Waals surface area contributed by atoms with Crippen LogP contribution in [0.5, 0.6) is 0 Å². The molecule has 0 bridgehead atoms. The van der Waals surface area contributed by atoms with Gasteiger partial charge in [0.2, 0.25) is 0 Å². The van der Waals surface area contributed by atoms with E-state index < -0.39 is 0 Å². The van der Waals surface area contributed by atoms with Crippen LogP contribution in [0.4, 0.5) is 5.82 Å². The van der Waals surface area contributed by atoms with Gasteiger partial charge in [-0.3, -0.25) is 0 Å². The van der Waals surface area contributed by atoms with E-state index in [2.05, 4.69) is 22.2 Å². The first-order valence-electron chi connectivity index (χ1n) is 3.65. The van der Waals surface area contributed by atoms with Gasteiger partial charge in [0.15, 0.2) is 5.15 Å². The SMILES string of the molecule is CCCNc1ncnc(Cl)c1Cl. The highest BCUT2D eigenvalue weighted by Gasteiger charge is 2.04. The van der Waals surface area contributed by atoms with E-state index in [4.69, 9.17) is 23.2 Å². The number of aromatic nitrogens is 2. The molecule has 0 aliphatic carbocycles. The fourth-order valence-electron chi connectivity index (χ4n) is 0.715. The van der Waals surface area contributed by atoms with Crippen LogP contribution in [0.1, 0.15) is 13.3 Å². The van der Waals surface area contributed by atoms with Crippen molar-refractivity contribution in [1.82, 2.24) is 9.97 Å². The van der Waals surface area contributed by atoms with Gasteiger partial charge >= 0.3 is 0 Å². The molecule has 0 aliphatic heterocycles. The molecule has 3 nitrogen and oxygen atoms in total. The van der Waals surface area contributed by atoms with E-state index in [1.54, 1.807) is 0 Å². The molecule has 1 rings (SSSR count). The predicted molar refractivity (Wildman–Crippen MR) is 50.8 cm³/mol. The van der Waals surface area contributed by atoms with E-state index >= 15 is 0 Å². The van der Waals surface area contributed by atoms with Crippen LogP contribution in [-0.2, 0) is 0 Å². The van der Waals surface area contributed by atoms with Crippen molar-refractivity contribution < 1.29 is 0 Å². The van der Waals surface area contributed by atoms with Crippen molar-refractivity contribution >= 4 is 29.0 Å². The lowest BCUT2D eigenvalue weighted by molar-refractivity contribution is 0.965. The van der Waals surface area contributed by atoms with E-state index in [1.165, 1.54) is 6.33 Å². The third-order valence-corrected chi connectivity index (χ3v) is 2.03. The van der Waals surface area contributed by atoms with Gasteiger partial charge in [0.1, 0.15) is 17.2 Å². The smallest absolute Gasteiger partial charge is 0.153 e. The Morgan fingerprint density at radius 3 is 2.83 bits per heavy atom. The Morgan fingerprint density at radius 1 is 1.42 bits per heavy atom. The van der Waals surface area contributed by atoms with Gasteiger partial charge in [0.25, 0.3) is 0 Å². The Labute approximate surface area is 81.1 Å². The van der Waals surface area contributed by atoms with Gasteiger partial charge < -0.3 is 5.32 Å². The van der Waals surface area contributed by atoms with Crippen LogP contribution in [0.25, 0.3) is 0 Å². The van der Waals surface area contributed by atoms with Crippen LogP contribution in [0.3, 0.4) is 0 Å². The maximum Gasteiger partial charge on any atom is 0.153 e. The summed E-state index contributed by atoms with van der Waals surface area (Å²) in [6.07, 6.45) is 2.39. The number of nitrogens with one attached hydrogen (secondary N) is 1. The summed E-state index contributed by atoms with van der Waals surface area (Å²) in [5.41, 5.74) is 0. The fourth-order valence-corrected chi connectivity index (χ4v) is 1.01. The molecule has 1 aromatic rings. The molecule has 0 spiro atoms. The number of nitrogens with zero attached hydrogens (tertiary/aromatic N) is 2. The second-order valence-electron chi connectivity index (χ2n) is 2.25. The van der Waals surface area contributed by atoms with Crippen LogP contribution in [0, 0.1) is 0 Å². The average Bonchev–Trinajstić information content (AvgIpc) is 2.08. The number of rotatable bonds is 3. The molecule has 0 aliphatic rings. The second kappa shape index (κ2) is 4.48. The molecule has 0 fully saturated rings. The quantitative estimate of drug-likeness (QED) is 0.772. The molecule has 1 aromatic heterocycles. The molecule has 0 saturated carbocycles. The Bertz CT molecular complexity index is 265. The lowest BCUT2D eigenvalue weighted by Gasteiger charge is -2.04. The van der Waals surface area contributed by atoms with Gasteiger partial charge in [-0.15, -0.1) is 0 Å². The third kappa shape index (κ3) is 2.22. The Kier molecular flexibility index (Phi) is 3.56. The molecule has 12 heavy (non-hydrogen) atoms. The molecule has 5 heteroatoms. The van der Waals surface area contributed by atoms with Crippen LogP contribution in [0.2, 0.25) is 10.2 Å². The minimum Gasteiger partial charge on any atom is -0.369 e. The highest BCUT2D eigenvalue weighted by molar-refractivity contribution is 6.42. The Hall–Kier alpha value is -0.540. The summed E-state index contributed by atoms with van der Waals surface area (Å²) in [6, 6.07) is 0. The maximum absolute atomic E-state index is 5.81. The lowest BCUT2D eigenvalue weighted by Crippen LogP contribution is -2.02. The summed E-state index contributed by atoms with van der Waals surface area (Å²) < 4.78 is 0. The summed E-state index contributed by atoms with van der Waals surface area (Å²) in [7, 11) is 0. The fraction of sp³-hybridized carbons (Fsp3) is 0.429. The summed E-state index contributed by atoms with van der Waals surface area (Å²) in [5, 5.41) is 3.70. The Morgan fingerprint density at radius 2 is 2.17 bits per heavy atom. The molecule has 66 valence electrons. The van der Waals surface area contributed by atoms with Gasteiger partial charge in [-0.2, -0.15) is 0 Å². The standard InChI is InChI=1S/C7H9Cl2N3/c1-2-3-10-7-5(8)6(9)11-4-12-7/h4H,2-3H2,1H3,(H,10,11,12). The minimum absolute atomic E-state index is 0.283. The molecule has 0 saturated heterocycles. The zero-order chi connectivity index (χ0) is 8.97. The Balaban J connectivity index is 2.78. The van der Waals surface area contributed by atoms with Crippen molar-refractivity contribution in [2.45, 2.75) is 13.3 Å². The molecular formula is C7H9Cl2N3. The molecule has 0 atom stereocenters. The molecule has 1 N–H and O–H groups in total. The lowest BCUT2D eigenvalue weighted by atomic mass is 10.4. The first-order valence-corrected chi connectivity index (χ1v) is 4.41. The highest BCUT2D eigenvalue weighted by atomic mass is 35.5. The second-order valence-corrected chi connectivity index (χ2v) is 2.99. The van der Waals surface area contributed by atoms with Gasteiger partial charge in [-0.05, 0) is 6.42 Å². The minimum atomic E-state index is 0.283. The molecule has 0 amide bonds. The van der Waals surface area contributed by atoms with Gasteiger partial charge in [-0.25, -0.2) is 9.97 Å². The number of hydrogen-bond donors (Lipinski definition) is 1. The van der Waals surface area contributed by atoms with Crippen molar-refractivity contribution in [3.63, 3.8) is 0 Å². The van der Waals surface area contributed by atoms with Crippen LogP contribution >= 0.6 is 23.2 Å². The number of anilines is 1. The van der Waals surface area contributed by atoms with E-state index in [-0.39, 0.29) is 5.15 Å². The van der Waals surface area contributed by atoms with E-state index in [1.807, 2.05) is 0 Å². The van der Waals surface area contributed by atoms with Crippen molar-refractivity contribution in [1.29, 1.82) is 0 Å². The predicted octanol–water partition coefficient (Wildman–Crippen LogP) is 2.61. The normalized spacial score (nSPS) is 9.92. The van der Waals surface area contributed by atoms with Gasteiger partial charge in [-0.1, -0.05) is 30.1 Å². The van der Waals surface area contributed by atoms with E-state index in [0.717, 1.165) is 13.0 Å². The highest BCUT2D eigenvalue weighted by Crippen LogP contribution is 2.24. The van der Waals surface area contributed by atoms with Crippen molar-refractivity contribution in [2.24, 2.45) is 0 Å². The zero-order valence-corrected chi connectivity index (χ0v) is 8.15. The van der Waals surface area contributed by atoms with Crippen molar-refractivity contribution in [3.05, 3.63) is 16.5 Å². The topological polar surface area (TPSA) is 37.8 Å². The zero-order valence-electron chi connectivity index (χ0n) is 6.64. The summed E-state index contributed by atoms with van der Waals surface area (Å²) in [5.74, 6) is 0.596. The summed E-state index contributed by atoms with van der Waals surface area (Å²) in [6.45, 7) is 2.89. The number of hydrogen-bond acceptors (Lipinski definition) is 3. The summed E-state index contributed by atoms with van der Waals surface area (Å²) >= 11 is 11.5. The monoisotopic (exact) mass is 205 g/mol. The van der Waals surface area contributed by atoms with E-state index in [9.17, 15) is 0 Å². The largest absolute Gasteiger partial charge is 0.369 e. The van der Waals surface area contributed by atoms with Crippen LogP contribution in [0.15, 0.2) is 6.33 Å². The molecule has 0 aromatic carbocycles. The van der Waals surface area contributed by atoms with Gasteiger partial charge in [0.05, 0.1) is 0 Å². The van der Waals surface area contributed by atoms with Crippen molar-refractivity contribution in [3.8, 4) is 0 Å². The van der Waals surface area contributed by atoms with Crippen LogP contribution < -0.4 is 5.32 Å². The maximum atomic E-state index is 5.81. The third-order valence-electron chi connectivity index (χ3n) is 1.29. The van der Waals surface area contributed by atoms with Gasteiger partial charge in [0, 0.05) is 6.54 Å². The van der Waals surface area contributed by atoms with Crippen molar-refractivity contribution in [2.75, 3.05) is 11.9 Å². The molecular weight excluding hydrogens is 197 g/mol. The number of halogens is 2. The molecule has 0 radical (unpaired) electrons. The first-order chi connectivity index (χ1) is 5.75.